The average molecular weight is 392 g/mol. The zero-order valence-corrected chi connectivity index (χ0v) is 17.3. The molecule has 0 spiro atoms. The van der Waals surface area contributed by atoms with Gasteiger partial charge in [0.15, 0.2) is 0 Å². The Morgan fingerprint density at radius 2 is 1.89 bits per heavy atom. The van der Waals surface area contributed by atoms with E-state index in [0.29, 0.717) is 5.69 Å². The Hall–Kier alpha value is -2.32. The second kappa shape index (κ2) is 9.75. The largest absolute Gasteiger partial charge is 0.382 e. The van der Waals surface area contributed by atoms with Crippen molar-refractivity contribution in [2.75, 3.05) is 50.0 Å². The van der Waals surface area contributed by atoms with Gasteiger partial charge in [-0.2, -0.15) is 0 Å². The lowest BCUT2D eigenvalue weighted by atomic mass is 9.86. The number of amides is 3. The van der Waals surface area contributed by atoms with Crippen LogP contribution in [-0.4, -0.2) is 62.3 Å². The van der Waals surface area contributed by atoms with Crippen molar-refractivity contribution in [2.45, 2.75) is 33.7 Å². The van der Waals surface area contributed by atoms with E-state index in [0.717, 1.165) is 50.6 Å². The fraction of sp³-hybridized carbons (Fsp3) is 0.600. The van der Waals surface area contributed by atoms with Gasteiger partial charge >= 0.3 is 6.03 Å². The van der Waals surface area contributed by atoms with Gasteiger partial charge in [0, 0.05) is 26.2 Å². The number of hydrogen-bond donors (Lipinski definition) is 4. The van der Waals surface area contributed by atoms with E-state index in [1.54, 1.807) is 0 Å². The molecule has 1 heterocycles. The first-order chi connectivity index (χ1) is 13.2. The molecule has 28 heavy (non-hydrogen) atoms. The number of nitrogens with zero attached hydrogens (tertiary/aromatic N) is 1. The van der Waals surface area contributed by atoms with Crippen LogP contribution in [0.3, 0.4) is 0 Å². The first-order valence-corrected chi connectivity index (χ1v) is 9.68. The molecule has 0 aliphatic carbocycles. The molecule has 3 amide bonds. The van der Waals surface area contributed by atoms with Crippen molar-refractivity contribution in [3.63, 3.8) is 0 Å². The molecule has 1 atom stereocenters. The van der Waals surface area contributed by atoms with E-state index in [9.17, 15) is 9.59 Å². The van der Waals surface area contributed by atoms with Crippen molar-refractivity contribution in [1.82, 2.24) is 10.2 Å². The number of ether oxygens (including phenoxy) is 1. The van der Waals surface area contributed by atoms with Crippen molar-refractivity contribution in [2.24, 2.45) is 11.1 Å². The minimum Gasteiger partial charge on any atom is -0.382 e. The molecule has 5 N–H and O–H groups in total. The van der Waals surface area contributed by atoms with Gasteiger partial charge in [0.05, 0.1) is 24.6 Å². The van der Waals surface area contributed by atoms with E-state index in [1.807, 2.05) is 45.9 Å². The standard InChI is InChI=1S/C20H33N5O3/c1-14-5-6-15(22-7-8-25-9-11-28-12-10-25)16(13-14)23-19(27)24-17(18(21)26)20(2,3)4/h5-6,13,17,22H,7-12H2,1-4H3,(H2,21,26)(H2,23,24,27)/t17-/m1/s1. The summed E-state index contributed by atoms with van der Waals surface area (Å²) in [5.74, 6) is -0.559. The number of carbonyl (C=O) groups excluding carboxylic acids is 2. The van der Waals surface area contributed by atoms with Crippen molar-refractivity contribution in [1.29, 1.82) is 0 Å². The Morgan fingerprint density at radius 1 is 1.21 bits per heavy atom. The fourth-order valence-corrected chi connectivity index (χ4v) is 3.09. The van der Waals surface area contributed by atoms with Gasteiger partial charge in [-0.25, -0.2) is 4.79 Å². The SMILES string of the molecule is Cc1ccc(NCCN2CCOCC2)c(NC(=O)N[C@H](C(N)=O)C(C)(C)C)c1. The maximum atomic E-state index is 12.5. The molecule has 1 aliphatic rings. The first-order valence-electron chi connectivity index (χ1n) is 9.68. The molecule has 8 nitrogen and oxygen atoms in total. The molecule has 156 valence electrons. The van der Waals surface area contributed by atoms with Crippen molar-refractivity contribution in [3.8, 4) is 0 Å². The minimum atomic E-state index is -0.768. The third-order valence-corrected chi connectivity index (χ3v) is 4.70. The summed E-state index contributed by atoms with van der Waals surface area (Å²) in [4.78, 5) is 26.5. The van der Waals surface area contributed by atoms with E-state index in [2.05, 4.69) is 20.9 Å². The van der Waals surface area contributed by atoms with Crippen LogP contribution in [0.25, 0.3) is 0 Å². The quantitative estimate of drug-likeness (QED) is 0.566. The predicted octanol–water partition coefficient (Wildman–Crippen LogP) is 1.76. The van der Waals surface area contributed by atoms with Gasteiger partial charge in [-0.1, -0.05) is 26.8 Å². The summed E-state index contributed by atoms with van der Waals surface area (Å²) in [6.07, 6.45) is 0. The molecule has 1 saturated heterocycles. The van der Waals surface area contributed by atoms with Gasteiger partial charge in [0.25, 0.3) is 0 Å². The Bertz CT molecular complexity index is 681. The van der Waals surface area contributed by atoms with E-state index >= 15 is 0 Å². The lowest BCUT2D eigenvalue weighted by molar-refractivity contribution is -0.122. The molecule has 0 radical (unpaired) electrons. The summed E-state index contributed by atoms with van der Waals surface area (Å²) in [7, 11) is 0. The van der Waals surface area contributed by atoms with E-state index in [4.69, 9.17) is 10.5 Å². The minimum absolute atomic E-state index is 0.458. The highest BCUT2D eigenvalue weighted by Crippen LogP contribution is 2.24. The number of aryl methyl sites for hydroxylation is 1. The molecule has 1 aromatic rings. The number of rotatable bonds is 7. The highest BCUT2D eigenvalue weighted by Gasteiger charge is 2.31. The molecule has 1 aromatic carbocycles. The highest BCUT2D eigenvalue weighted by molar-refractivity contribution is 5.96. The molecular weight excluding hydrogens is 358 g/mol. The van der Waals surface area contributed by atoms with Crippen LogP contribution in [0.4, 0.5) is 16.2 Å². The first kappa shape index (κ1) is 22.0. The van der Waals surface area contributed by atoms with Crippen LogP contribution in [0.1, 0.15) is 26.3 Å². The number of benzene rings is 1. The third kappa shape index (κ3) is 6.69. The van der Waals surface area contributed by atoms with Gasteiger partial charge in [-0.3, -0.25) is 9.69 Å². The second-order valence-corrected chi connectivity index (χ2v) is 8.23. The summed E-state index contributed by atoms with van der Waals surface area (Å²) in [5.41, 5.74) is 7.49. The fourth-order valence-electron chi connectivity index (χ4n) is 3.09. The van der Waals surface area contributed by atoms with Crippen molar-refractivity contribution in [3.05, 3.63) is 23.8 Å². The smallest absolute Gasteiger partial charge is 0.319 e. The number of hydrogen-bond acceptors (Lipinski definition) is 5. The summed E-state index contributed by atoms with van der Waals surface area (Å²) >= 11 is 0. The second-order valence-electron chi connectivity index (χ2n) is 8.23. The van der Waals surface area contributed by atoms with Gasteiger partial charge in [0.2, 0.25) is 5.91 Å². The molecule has 0 aromatic heterocycles. The van der Waals surface area contributed by atoms with Gasteiger partial charge in [-0.05, 0) is 30.0 Å². The maximum Gasteiger partial charge on any atom is 0.319 e. The van der Waals surface area contributed by atoms with Gasteiger partial charge < -0.3 is 26.4 Å². The molecule has 2 rings (SSSR count). The van der Waals surface area contributed by atoms with Crippen LogP contribution in [0, 0.1) is 12.3 Å². The zero-order valence-electron chi connectivity index (χ0n) is 17.3. The molecule has 0 bridgehead atoms. The lowest BCUT2D eigenvalue weighted by Gasteiger charge is -2.29. The Morgan fingerprint density at radius 3 is 2.50 bits per heavy atom. The molecule has 1 aliphatic heterocycles. The predicted molar refractivity (Wildman–Crippen MR) is 112 cm³/mol. The Balaban J connectivity index is 1.98. The van der Waals surface area contributed by atoms with Crippen LogP contribution >= 0.6 is 0 Å². The topological polar surface area (TPSA) is 109 Å². The normalized spacial score (nSPS) is 16.3. The van der Waals surface area contributed by atoms with E-state index < -0.39 is 23.4 Å². The van der Waals surface area contributed by atoms with Crippen LogP contribution in [0.15, 0.2) is 18.2 Å². The number of anilines is 2. The number of primary amides is 1. The molecule has 0 saturated carbocycles. The van der Waals surface area contributed by atoms with E-state index in [-0.39, 0.29) is 0 Å². The lowest BCUT2D eigenvalue weighted by Crippen LogP contribution is -2.53. The van der Waals surface area contributed by atoms with Crippen LogP contribution in [0.2, 0.25) is 0 Å². The van der Waals surface area contributed by atoms with E-state index in [1.165, 1.54) is 0 Å². The molecule has 0 unspecified atom stereocenters. The van der Waals surface area contributed by atoms with Crippen LogP contribution in [-0.2, 0) is 9.53 Å². The molecular formula is C20H33N5O3. The molecule has 1 fully saturated rings. The third-order valence-electron chi connectivity index (χ3n) is 4.70. The number of carbonyl (C=O) groups is 2. The maximum absolute atomic E-state index is 12.5. The Labute approximate surface area is 167 Å². The monoisotopic (exact) mass is 391 g/mol. The molecule has 8 heteroatoms. The number of nitrogens with two attached hydrogens (primary N) is 1. The summed E-state index contributed by atoms with van der Waals surface area (Å²) in [6, 6.07) is 4.60. The number of urea groups is 1. The number of nitrogens with one attached hydrogen (secondary N) is 3. The number of morpholine rings is 1. The summed E-state index contributed by atoms with van der Waals surface area (Å²) in [5, 5.41) is 8.91. The average Bonchev–Trinajstić information content (AvgIpc) is 2.61. The summed E-state index contributed by atoms with van der Waals surface area (Å²) in [6.45, 7) is 12.6. The summed E-state index contributed by atoms with van der Waals surface area (Å²) < 4.78 is 5.36. The van der Waals surface area contributed by atoms with Crippen molar-refractivity contribution < 1.29 is 14.3 Å². The van der Waals surface area contributed by atoms with Crippen LogP contribution < -0.4 is 21.7 Å². The van der Waals surface area contributed by atoms with Crippen LogP contribution in [0.5, 0.6) is 0 Å². The highest BCUT2D eigenvalue weighted by atomic mass is 16.5. The van der Waals surface area contributed by atoms with Crippen molar-refractivity contribution >= 4 is 23.3 Å². The Kier molecular flexibility index (Phi) is 7.65. The van der Waals surface area contributed by atoms with Gasteiger partial charge in [0.1, 0.15) is 6.04 Å². The zero-order chi connectivity index (χ0) is 20.7. The van der Waals surface area contributed by atoms with Gasteiger partial charge in [-0.15, -0.1) is 0 Å².